The number of nitrogens with zero attached hydrogens (tertiary/aromatic N) is 1. The van der Waals surface area contributed by atoms with Gasteiger partial charge in [0.2, 0.25) is 0 Å². The van der Waals surface area contributed by atoms with Crippen molar-refractivity contribution in [3.63, 3.8) is 0 Å². The van der Waals surface area contributed by atoms with Crippen molar-refractivity contribution in [2.75, 3.05) is 37.7 Å². The lowest BCUT2D eigenvalue weighted by atomic mass is 10.2. The third-order valence-corrected chi connectivity index (χ3v) is 4.32. The highest BCUT2D eigenvalue weighted by Crippen LogP contribution is 2.18. The van der Waals surface area contributed by atoms with Crippen LogP contribution in [-0.4, -0.2) is 58.8 Å². The summed E-state index contributed by atoms with van der Waals surface area (Å²) in [5.41, 5.74) is 6.36. The maximum absolute atomic E-state index is 10.1. The second kappa shape index (κ2) is 7.83. The Kier molecular flexibility index (Phi) is 6.09. The number of aliphatic hydroxyl groups is 1. The van der Waals surface area contributed by atoms with E-state index in [9.17, 15) is 5.11 Å². The van der Waals surface area contributed by atoms with Gasteiger partial charge in [-0.2, -0.15) is 11.8 Å². The van der Waals surface area contributed by atoms with E-state index in [4.69, 9.17) is 22.7 Å². The summed E-state index contributed by atoms with van der Waals surface area (Å²) in [7, 11) is 0. The second-order valence-corrected chi connectivity index (χ2v) is 6.40. The molecule has 1 saturated heterocycles. The average Bonchev–Trinajstić information content (AvgIpc) is 2.46. The van der Waals surface area contributed by atoms with E-state index in [0.717, 1.165) is 24.6 Å². The molecule has 1 fully saturated rings. The van der Waals surface area contributed by atoms with E-state index >= 15 is 0 Å². The molecule has 110 valence electrons. The molecule has 2 rings (SSSR count). The number of hydrogen-bond acceptors (Lipinski definition) is 5. The van der Waals surface area contributed by atoms with Gasteiger partial charge in [0, 0.05) is 31.1 Å². The van der Waals surface area contributed by atoms with E-state index < -0.39 is 6.10 Å². The zero-order valence-electron chi connectivity index (χ0n) is 11.3. The molecular weight excluding hydrogens is 292 g/mol. The van der Waals surface area contributed by atoms with E-state index in [-0.39, 0.29) is 6.61 Å². The molecule has 1 aromatic carbocycles. The Morgan fingerprint density at radius 3 is 2.80 bits per heavy atom. The standard InChI is InChI=1S/C14H20N2O2S2/c15-14(19)12-3-1-2-4-13(12)18-10-11(17)9-16-5-7-20-8-6-16/h1-4,11,17H,5-10H2,(H2,15,19). The van der Waals surface area contributed by atoms with E-state index in [1.165, 1.54) is 0 Å². The molecule has 1 aliphatic rings. The summed E-state index contributed by atoms with van der Waals surface area (Å²) in [4.78, 5) is 2.58. The number of hydrogen-bond donors (Lipinski definition) is 2. The number of nitrogens with two attached hydrogens (primary N) is 1. The van der Waals surface area contributed by atoms with E-state index in [2.05, 4.69) is 4.90 Å². The number of thiocarbonyl (C=S) groups is 1. The van der Waals surface area contributed by atoms with E-state index in [1.807, 2.05) is 36.0 Å². The van der Waals surface area contributed by atoms with Crippen molar-refractivity contribution in [3.8, 4) is 5.75 Å². The molecule has 1 aromatic rings. The van der Waals surface area contributed by atoms with Crippen molar-refractivity contribution in [2.45, 2.75) is 6.10 Å². The van der Waals surface area contributed by atoms with Crippen molar-refractivity contribution < 1.29 is 9.84 Å². The summed E-state index contributed by atoms with van der Waals surface area (Å²) in [5, 5.41) is 10.1. The number of aliphatic hydroxyl groups excluding tert-OH is 1. The minimum Gasteiger partial charge on any atom is -0.490 e. The topological polar surface area (TPSA) is 58.7 Å². The van der Waals surface area contributed by atoms with Crippen LogP contribution in [0.15, 0.2) is 24.3 Å². The summed E-state index contributed by atoms with van der Waals surface area (Å²) >= 11 is 6.94. The molecule has 6 heteroatoms. The van der Waals surface area contributed by atoms with Crippen molar-refractivity contribution in [1.82, 2.24) is 4.90 Å². The van der Waals surface area contributed by atoms with Crippen molar-refractivity contribution in [1.29, 1.82) is 0 Å². The molecule has 3 N–H and O–H groups in total. The lowest BCUT2D eigenvalue weighted by molar-refractivity contribution is 0.0715. The smallest absolute Gasteiger partial charge is 0.129 e. The summed E-state index contributed by atoms with van der Waals surface area (Å²) in [6, 6.07) is 7.37. The van der Waals surface area contributed by atoms with Crippen LogP contribution in [0.25, 0.3) is 0 Å². The average molecular weight is 312 g/mol. The highest BCUT2D eigenvalue weighted by atomic mass is 32.2. The van der Waals surface area contributed by atoms with Gasteiger partial charge in [0.15, 0.2) is 0 Å². The maximum atomic E-state index is 10.1. The van der Waals surface area contributed by atoms with Gasteiger partial charge in [-0.05, 0) is 12.1 Å². The Balaban J connectivity index is 1.83. The molecule has 0 radical (unpaired) electrons. The maximum Gasteiger partial charge on any atom is 0.129 e. The number of benzene rings is 1. The van der Waals surface area contributed by atoms with Crippen LogP contribution in [0.1, 0.15) is 5.56 Å². The first-order valence-electron chi connectivity index (χ1n) is 6.66. The predicted molar refractivity (Wildman–Crippen MR) is 87.6 cm³/mol. The number of thioether (sulfide) groups is 1. The Morgan fingerprint density at radius 2 is 2.10 bits per heavy atom. The second-order valence-electron chi connectivity index (χ2n) is 4.74. The van der Waals surface area contributed by atoms with Crippen molar-refractivity contribution >= 4 is 29.0 Å². The van der Waals surface area contributed by atoms with Gasteiger partial charge in [0.1, 0.15) is 23.4 Å². The summed E-state index contributed by atoms with van der Waals surface area (Å²) < 4.78 is 5.65. The normalized spacial score (nSPS) is 17.6. The quantitative estimate of drug-likeness (QED) is 0.768. The van der Waals surface area contributed by atoms with E-state index in [1.54, 1.807) is 0 Å². The van der Waals surface area contributed by atoms with Gasteiger partial charge in [0.05, 0.1) is 5.56 Å². The number of β-amino-alcohol motifs (C(OH)–C–C–N with tert-alkyl or cyclic N) is 1. The molecule has 0 aliphatic carbocycles. The molecule has 0 spiro atoms. The van der Waals surface area contributed by atoms with Gasteiger partial charge in [-0.1, -0.05) is 24.4 Å². The van der Waals surface area contributed by atoms with Gasteiger partial charge < -0.3 is 15.6 Å². The Bertz CT molecular complexity index is 451. The highest BCUT2D eigenvalue weighted by molar-refractivity contribution is 7.99. The van der Waals surface area contributed by atoms with Crippen LogP contribution < -0.4 is 10.5 Å². The molecule has 4 nitrogen and oxygen atoms in total. The number of rotatable bonds is 6. The third-order valence-electron chi connectivity index (χ3n) is 3.16. The van der Waals surface area contributed by atoms with Crippen LogP contribution in [0.5, 0.6) is 5.75 Å². The first-order valence-corrected chi connectivity index (χ1v) is 8.23. The predicted octanol–water partition coefficient (Wildman–Crippen LogP) is 1.11. The third kappa shape index (κ3) is 4.63. The first-order chi connectivity index (χ1) is 9.66. The Labute approximate surface area is 129 Å². The molecule has 1 heterocycles. The molecular formula is C14H20N2O2S2. The lowest BCUT2D eigenvalue weighted by Gasteiger charge is -2.28. The number of ether oxygens (including phenoxy) is 1. The van der Waals surface area contributed by atoms with Crippen LogP contribution in [0.4, 0.5) is 0 Å². The SMILES string of the molecule is NC(=S)c1ccccc1OCC(O)CN1CCSCC1. The van der Waals surface area contributed by atoms with E-state index in [0.29, 0.717) is 22.8 Å². The molecule has 0 aromatic heterocycles. The van der Waals surface area contributed by atoms with Crippen LogP contribution in [0, 0.1) is 0 Å². The van der Waals surface area contributed by atoms with Gasteiger partial charge >= 0.3 is 0 Å². The molecule has 1 atom stereocenters. The molecule has 20 heavy (non-hydrogen) atoms. The largest absolute Gasteiger partial charge is 0.490 e. The van der Waals surface area contributed by atoms with Crippen molar-refractivity contribution in [2.24, 2.45) is 5.73 Å². The Morgan fingerprint density at radius 1 is 1.40 bits per heavy atom. The summed E-state index contributed by atoms with van der Waals surface area (Å²) in [6.45, 7) is 2.97. The van der Waals surface area contributed by atoms with Gasteiger partial charge in [-0.3, -0.25) is 4.90 Å². The molecule has 0 amide bonds. The van der Waals surface area contributed by atoms with Crippen LogP contribution >= 0.6 is 24.0 Å². The van der Waals surface area contributed by atoms with Gasteiger partial charge in [0.25, 0.3) is 0 Å². The van der Waals surface area contributed by atoms with Crippen molar-refractivity contribution in [3.05, 3.63) is 29.8 Å². The minimum atomic E-state index is -0.502. The molecule has 1 aliphatic heterocycles. The zero-order valence-corrected chi connectivity index (χ0v) is 13.0. The molecule has 0 bridgehead atoms. The number of para-hydroxylation sites is 1. The minimum absolute atomic E-state index is 0.253. The van der Waals surface area contributed by atoms with Crippen LogP contribution in [0.2, 0.25) is 0 Å². The first kappa shape index (κ1) is 15.6. The van der Waals surface area contributed by atoms with Crippen LogP contribution in [-0.2, 0) is 0 Å². The van der Waals surface area contributed by atoms with Gasteiger partial charge in [-0.25, -0.2) is 0 Å². The fraction of sp³-hybridized carbons (Fsp3) is 0.500. The monoisotopic (exact) mass is 312 g/mol. The van der Waals surface area contributed by atoms with Gasteiger partial charge in [-0.15, -0.1) is 0 Å². The zero-order chi connectivity index (χ0) is 14.4. The summed E-state index contributed by atoms with van der Waals surface area (Å²) in [5.74, 6) is 2.91. The summed E-state index contributed by atoms with van der Waals surface area (Å²) in [6.07, 6.45) is -0.502. The lowest BCUT2D eigenvalue weighted by Crippen LogP contribution is -2.40. The molecule has 1 unspecified atom stereocenters. The fourth-order valence-corrected chi connectivity index (χ4v) is 3.26. The highest BCUT2D eigenvalue weighted by Gasteiger charge is 2.16. The fourth-order valence-electron chi connectivity index (χ4n) is 2.12. The van der Waals surface area contributed by atoms with Crippen LogP contribution in [0.3, 0.4) is 0 Å². The molecule has 0 saturated carbocycles. The Hall–Kier alpha value is -0.820.